The van der Waals surface area contributed by atoms with Gasteiger partial charge in [-0.1, -0.05) is 11.6 Å². The number of nitrogens with one attached hydrogen (secondary N) is 1. The molecule has 2 aromatic heterocycles. The van der Waals surface area contributed by atoms with Crippen molar-refractivity contribution in [3.8, 4) is 5.75 Å². The summed E-state index contributed by atoms with van der Waals surface area (Å²) in [5.74, 6) is 0.844. The quantitative estimate of drug-likeness (QED) is 0.907. The highest BCUT2D eigenvalue weighted by atomic mass is 35.5. The van der Waals surface area contributed by atoms with E-state index in [2.05, 4.69) is 23.3 Å². The molecule has 0 aliphatic rings. The van der Waals surface area contributed by atoms with Crippen molar-refractivity contribution in [2.24, 2.45) is 0 Å². The lowest BCUT2D eigenvalue weighted by Gasteiger charge is -2.12. The first-order valence-corrected chi connectivity index (χ1v) is 7.28. The molecule has 2 rings (SSSR count). The zero-order valence-electron chi connectivity index (χ0n) is 11.2. The molecule has 2 heterocycles. The van der Waals surface area contributed by atoms with Crippen LogP contribution in [0.5, 0.6) is 5.75 Å². The number of aryl methyl sites for hydroxylation is 1. The van der Waals surface area contributed by atoms with E-state index in [1.165, 1.54) is 4.88 Å². The van der Waals surface area contributed by atoms with E-state index in [0.29, 0.717) is 6.54 Å². The van der Waals surface area contributed by atoms with Gasteiger partial charge in [0.1, 0.15) is 5.75 Å². The average Bonchev–Trinajstić information content (AvgIpc) is 2.82. The van der Waals surface area contributed by atoms with Crippen LogP contribution >= 0.6 is 22.9 Å². The van der Waals surface area contributed by atoms with Crippen LogP contribution in [0.1, 0.15) is 29.2 Å². The molecule has 0 aromatic carbocycles. The molecule has 0 saturated heterocycles. The standard InChI is InChI=1S/C14H17ClN2OS/c1-9-6-12(18-3)7-11(17-9)8-16-10(2)13-4-5-14(15)19-13/h4-7,10,16H,8H2,1-3H3. The second-order valence-electron chi connectivity index (χ2n) is 4.38. The number of hydrogen-bond acceptors (Lipinski definition) is 4. The first kappa shape index (κ1) is 14.3. The van der Waals surface area contributed by atoms with Crippen LogP contribution in [-0.2, 0) is 6.54 Å². The Labute approximate surface area is 122 Å². The van der Waals surface area contributed by atoms with Crippen molar-refractivity contribution in [3.63, 3.8) is 0 Å². The number of thiophene rings is 1. The molecule has 0 fully saturated rings. The Morgan fingerprint density at radius 3 is 2.84 bits per heavy atom. The summed E-state index contributed by atoms with van der Waals surface area (Å²) in [5, 5.41) is 3.44. The first-order valence-electron chi connectivity index (χ1n) is 6.08. The van der Waals surface area contributed by atoms with Gasteiger partial charge in [0.2, 0.25) is 0 Å². The lowest BCUT2D eigenvalue weighted by atomic mass is 10.2. The van der Waals surface area contributed by atoms with Crippen LogP contribution in [0.4, 0.5) is 0 Å². The van der Waals surface area contributed by atoms with E-state index < -0.39 is 0 Å². The number of ether oxygens (including phenoxy) is 1. The molecule has 3 nitrogen and oxygen atoms in total. The van der Waals surface area contributed by atoms with Gasteiger partial charge in [0.05, 0.1) is 17.1 Å². The lowest BCUT2D eigenvalue weighted by Crippen LogP contribution is -2.18. The van der Waals surface area contributed by atoms with Crippen molar-refractivity contribution in [1.29, 1.82) is 0 Å². The van der Waals surface area contributed by atoms with Gasteiger partial charge in [0.15, 0.2) is 0 Å². The molecule has 1 atom stereocenters. The molecule has 0 spiro atoms. The summed E-state index contributed by atoms with van der Waals surface area (Å²) in [6.45, 7) is 4.79. The number of aromatic nitrogens is 1. The highest BCUT2D eigenvalue weighted by Crippen LogP contribution is 2.26. The fourth-order valence-electron chi connectivity index (χ4n) is 1.83. The van der Waals surface area contributed by atoms with Crippen molar-refractivity contribution < 1.29 is 4.74 Å². The Morgan fingerprint density at radius 1 is 1.42 bits per heavy atom. The largest absolute Gasteiger partial charge is 0.497 e. The van der Waals surface area contributed by atoms with Gasteiger partial charge in [-0.25, -0.2) is 0 Å². The molecule has 5 heteroatoms. The molecule has 2 aromatic rings. The van der Waals surface area contributed by atoms with Crippen LogP contribution in [0, 0.1) is 6.92 Å². The van der Waals surface area contributed by atoms with Crippen molar-refractivity contribution >= 4 is 22.9 Å². The Bertz CT molecular complexity index is 556. The van der Waals surface area contributed by atoms with Crippen molar-refractivity contribution in [3.05, 3.63) is 44.9 Å². The zero-order chi connectivity index (χ0) is 13.8. The number of pyridine rings is 1. The van der Waals surface area contributed by atoms with Crippen LogP contribution < -0.4 is 10.1 Å². The van der Waals surface area contributed by atoms with Crippen LogP contribution in [0.3, 0.4) is 0 Å². The van der Waals surface area contributed by atoms with E-state index in [0.717, 1.165) is 21.5 Å². The van der Waals surface area contributed by atoms with Gasteiger partial charge >= 0.3 is 0 Å². The molecule has 1 unspecified atom stereocenters. The molecular formula is C14H17ClN2OS. The Morgan fingerprint density at radius 2 is 2.21 bits per heavy atom. The predicted octanol–water partition coefficient (Wildman–Crippen LogP) is 3.96. The molecule has 1 N–H and O–H groups in total. The zero-order valence-corrected chi connectivity index (χ0v) is 12.8. The van der Waals surface area contributed by atoms with E-state index in [1.807, 2.05) is 25.1 Å². The highest BCUT2D eigenvalue weighted by molar-refractivity contribution is 7.16. The Kier molecular flexibility index (Phi) is 4.80. The molecule has 102 valence electrons. The number of rotatable bonds is 5. The van der Waals surface area contributed by atoms with Crippen molar-refractivity contribution in [2.45, 2.75) is 26.4 Å². The summed E-state index contributed by atoms with van der Waals surface area (Å²) in [6, 6.07) is 8.11. The van der Waals surface area contributed by atoms with Gasteiger partial charge in [0.25, 0.3) is 0 Å². The molecule has 0 aliphatic carbocycles. The molecule has 0 aliphatic heterocycles. The minimum Gasteiger partial charge on any atom is -0.497 e. The van der Waals surface area contributed by atoms with Crippen molar-refractivity contribution in [2.75, 3.05) is 7.11 Å². The van der Waals surface area contributed by atoms with Gasteiger partial charge in [-0.05, 0) is 26.0 Å². The number of methoxy groups -OCH3 is 1. The lowest BCUT2D eigenvalue weighted by molar-refractivity contribution is 0.412. The SMILES string of the molecule is COc1cc(C)nc(CNC(C)c2ccc(Cl)s2)c1. The highest BCUT2D eigenvalue weighted by Gasteiger charge is 2.08. The maximum atomic E-state index is 5.94. The second kappa shape index (κ2) is 6.37. The Balaban J connectivity index is 2.00. The normalized spacial score (nSPS) is 12.4. The van der Waals surface area contributed by atoms with E-state index in [-0.39, 0.29) is 6.04 Å². The third-order valence-corrected chi connectivity index (χ3v) is 4.24. The van der Waals surface area contributed by atoms with Crippen LogP contribution in [0.15, 0.2) is 24.3 Å². The summed E-state index contributed by atoms with van der Waals surface area (Å²) < 4.78 is 6.07. The van der Waals surface area contributed by atoms with Crippen LogP contribution in [0.2, 0.25) is 4.34 Å². The van der Waals surface area contributed by atoms with Crippen LogP contribution in [-0.4, -0.2) is 12.1 Å². The number of nitrogens with zero attached hydrogens (tertiary/aromatic N) is 1. The maximum Gasteiger partial charge on any atom is 0.122 e. The molecule has 19 heavy (non-hydrogen) atoms. The first-order chi connectivity index (χ1) is 9.08. The molecule has 0 saturated carbocycles. The van der Waals surface area contributed by atoms with Gasteiger partial charge < -0.3 is 10.1 Å². The summed E-state index contributed by atoms with van der Waals surface area (Å²) >= 11 is 7.54. The monoisotopic (exact) mass is 296 g/mol. The van der Waals surface area contributed by atoms with E-state index in [1.54, 1.807) is 18.4 Å². The van der Waals surface area contributed by atoms with E-state index in [4.69, 9.17) is 16.3 Å². The fourth-order valence-corrected chi connectivity index (χ4v) is 2.92. The average molecular weight is 297 g/mol. The minimum absolute atomic E-state index is 0.255. The predicted molar refractivity (Wildman–Crippen MR) is 80.1 cm³/mol. The fraction of sp³-hybridized carbons (Fsp3) is 0.357. The molecule has 0 amide bonds. The maximum absolute atomic E-state index is 5.94. The van der Waals surface area contributed by atoms with Gasteiger partial charge in [-0.2, -0.15) is 0 Å². The van der Waals surface area contributed by atoms with Gasteiger partial charge in [0, 0.05) is 35.3 Å². The summed E-state index contributed by atoms with van der Waals surface area (Å²) in [6.07, 6.45) is 0. The minimum atomic E-state index is 0.255. The third-order valence-electron chi connectivity index (χ3n) is 2.83. The summed E-state index contributed by atoms with van der Waals surface area (Å²) in [7, 11) is 1.67. The summed E-state index contributed by atoms with van der Waals surface area (Å²) in [5.41, 5.74) is 1.94. The number of halogens is 1. The van der Waals surface area contributed by atoms with E-state index >= 15 is 0 Å². The van der Waals surface area contributed by atoms with Crippen LogP contribution in [0.25, 0.3) is 0 Å². The van der Waals surface area contributed by atoms with E-state index in [9.17, 15) is 0 Å². The molecule has 0 radical (unpaired) electrons. The van der Waals surface area contributed by atoms with Gasteiger partial charge in [-0.15, -0.1) is 11.3 Å². The van der Waals surface area contributed by atoms with Crippen molar-refractivity contribution in [1.82, 2.24) is 10.3 Å². The summed E-state index contributed by atoms with van der Waals surface area (Å²) in [4.78, 5) is 5.71. The molecular weight excluding hydrogens is 280 g/mol. The third kappa shape index (κ3) is 3.93. The smallest absolute Gasteiger partial charge is 0.122 e. The molecule has 0 bridgehead atoms. The Hall–Kier alpha value is -1.10. The topological polar surface area (TPSA) is 34.1 Å². The number of hydrogen-bond donors (Lipinski definition) is 1. The second-order valence-corrected chi connectivity index (χ2v) is 6.13. The van der Waals surface area contributed by atoms with Gasteiger partial charge in [-0.3, -0.25) is 4.98 Å².